The van der Waals surface area contributed by atoms with Gasteiger partial charge in [0.05, 0.1) is 13.2 Å². The fraction of sp³-hybridized carbons (Fsp3) is 0.350. The number of aromatic nitrogens is 3. The molecule has 2 aromatic heterocycles. The fourth-order valence-corrected chi connectivity index (χ4v) is 2.70. The molecule has 0 unspecified atom stereocenters. The van der Waals surface area contributed by atoms with Crippen molar-refractivity contribution in [3.63, 3.8) is 0 Å². The van der Waals surface area contributed by atoms with Crippen molar-refractivity contribution in [3.8, 4) is 11.5 Å². The first-order valence-electron chi connectivity index (χ1n) is 9.19. The van der Waals surface area contributed by atoms with E-state index >= 15 is 0 Å². The van der Waals surface area contributed by atoms with Gasteiger partial charge in [-0.25, -0.2) is 0 Å². The van der Waals surface area contributed by atoms with E-state index in [0.717, 1.165) is 17.9 Å². The molecule has 0 bridgehead atoms. The number of nitrogens with zero attached hydrogens (tertiary/aromatic N) is 3. The summed E-state index contributed by atoms with van der Waals surface area (Å²) in [5.41, 5.74) is 1.33. The molecule has 0 saturated carbocycles. The third-order valence-corrected chi connectivity index (χ3v) is 3.99. The zero-order valence-electron chi connectivity index (χ0n) is 15.6. The Balaban J connectivity index is 1.62. The number of benzene rings is 1. The van der Waals surface area contributed by atoms with Crippen LogP contribution < -0.4 is 14.8 Å². The van der Waals surface area contributed by atoms with Crippen molar-refractivity contribution in [2.75, 3.05) is 19.8 Å². The molecule has 1 N–H and O–H groups in total. The lowest BCUT2D eigenvalue weighted by atomic mass is 10.2. The van der Waals surface area contributed by atoms with E-state index in [1.165, 1.54) is 0 Å². The Hall–Kier alpha value is -3.09. The molecule has 142 valence electrons. The molecule has 0 fully saturated rings. The average molecular weight is 368 g/mol. The number of nitrogens with one attached hydrogen (secondary N) is 1. The van der Waals surface area contributed by atoms with Crippen LogP contribution in [0.2, 0.25) is 0 Å². The number of carbonyl (C=O) groups excluding carboxylic acids is 1. The summed E-state index contributed by atoms with van der Waals surface area (Å²) in [7, 11) is 0. The molecule has 0 aliphatic heterocycles. The van der Waals surface area contributed by atoms with Crippen molar-refractivity contribution < 1.29 is 14.3 Å². The second kappa shape index (κ2) is 9.02. The highest BCUT2D eigenvalue weighted by Crippen LogP contribution is 2.28. The molecule has 0 atom stereocenters. The van der Waals surface area contributed by atoms with E-state index in [9.17, 15) is 4.79 Å². The number of pyridine rings is 1. The van der Waals surface area contributed by atoms with Gasteiger partial charge in [0.2, 0.25) is 0 Å². The summed E-state index contributed by atoms with van der Waals surface area (Å²) in [5.74, 6) is 1.89. The smallest absolute Gasteiger partial charge is 0.251 e. The third-order valence-electron chi connectivity index (χ3n) is 3.99. The molecule has 2 heterocycles. The molecule has 1 aromatic carbocycles. The minimum absolute atomic E-state index is 0.160. The van der Waals surface area contributed by atoms with E-state index in [2.05, 4.69) is 15.5 Å². The highest BCUT2D eigenvalue weighted by Gasteiger charge is 2.12. The lowest BCUT2D eigenvalue weighted by Gasteiger charge is -2.13. The molecule has 1 amide bonds. The molecule has 0 aliphatic rings. The molecular formula is C20H24N4O3. The largest absolute Gasteiger partial charge is 0.490 e. The van der Waals surface area contributed by atoms with E-state index < -0.39 is 0 Å². The van der Waals surface area contributed by atoms with Gasteiger partial charge < -0.3 is 14.8 Å². The maximum atomic E-state index is 12.5. The predicted octanol–water partition coefficient (Wildman–Crippen LogP) is 2.89. The van der Waals surface area contributed by atoms with Crippen LogP contribution in [0.25, 0.3) is 5.65 Å². The Bertz CT molecular complexity index is 907. The molecule has 7 heteroatoms. The average Bonchev–Trinajstić information content (AvgIpc) is 3.10. The predicted molar refractivity (Wildman–Crippen MR) is 102 cm³/mol. The van der Waals surface area contributed by atoms with Crippen molar-refractivity contribution >= 4 is 11.6 Å². The normalized spacial score (nSPS) is 10.7. The number of amides is 1. The molecule has 0 saturated heterocycles. The first-order valence-corrected chi connectivity index (χ1v) is 9.19. The monoisotopic (exact) mass is 368 g/mol. The van der Waals surface area contributed by atoms with Crippen LogP contribution in [0.5, 0.6) is 11.5 Å². The molecule has 0 aliphatic carbocycles. The van der Waals surface area contributed by atoms with Crippen molar-refractivity contribution in [2.45, 2.75) is 26.7 Å². The Kier molecular flexibility index (Phi) is 6.25. The van der Waals surface area contributed by atoms with E-state index in [1.54, 1.807) is 18.2 Å². The quantitative estimate of drug-likeness (QED) is 0.628. The number of hydrogen-bond acceptors (Lipinski definition) is 5. The Labute approximate surface area is 158 Å². The molecule has 0 spiro atoms. The highest BCUT2D eigenvalue weighted by molar-refractivity contribution is 5.94. The van der Waals surface area contributed by atoms with Gasteiger partial charge in [0.15, 0.2) is 17.1 Å². The maximum Gasteiger partial charge on any atom is 0.251 e. The van der Waals surface area contributed by atoms with Gasteiger partial charge in [0.25, 0.3) is 5.91 Å². The molecule has 3 aromatic rings. The summed E-state index contributed by atoms with van der Waals surface area (Å²) in [5, 5.41) is 11.2. The summed E-state index contributed by atoms with van der Waals surface area (Å²) >= 11 is 0. The van der Waals surface area contributed by atoms with Crippen LogP contribution in [0.1, 0.15) is 36.5 Å². The second-order valence-corrected chi connectivity index (χ2v) is 5.99. The van der Waals surface area contributed by atoms with Gasteiger partial charge in [0, 0.05) is 24.7 Å². The van der Waals surface area contributed by atoms with E-state index in [-0.39, 0.29) is 5.91 Å². The van der Waals surface area contributed by atoms with Gasteiger partial charge in [0.1, 0.15) is 5.82 Å². The summed E-state index contributed by atoms with van der Waals surface area (Å²) in [6.45, 7) is 5.53. The highest BCUT2D eigenvalue weighted by atomic mass is 16.5. The lowest BCUT2D eigenvalue weighted by molar-refractivity contribution is 0.0953. The molecule has 27 heavy (non-hydrogen) atoms. The topological polar surface area (TPSA) is 77.8 Å². The minimum atomic E-state index is -0.160. The molecule has 3 rings (SSSR count). The second-order valence-electron chi connectivity index (χ2n) is 5.99. The van der Waals surface area contributed by atoms with Gasteiger partial charge in [-0.2, -0.15) is 0 Å². The van der Waals surface area contributed by atoms with Crippen molar-refractivity contribution in [1.29, 1.82) is 0 Å². The SMILES string of the molecule is CCCOc1ccc(C(=O)NCCc2nnc3ccccn23)cc1OCC. The standard InChI is InChI=1S/C20H24N4O3/c1-3-13-27-16-9-8-15(14-17(16)26-4-2)20(25)21-11-10-19-23-22-18-7-5-6-12-24(18)19/h5-9,12,14H,3-4,10-11,13H2,1-2H3,(H,21,25). The number of ether oxygens (including phenoxy) is 2. The van der Waals surface area contributed by atoms with Crippen LogP contribution >= 0.6 is 0 Å². The van der Waals surface area contributed by atoms with Crippen LogP contribution in [0, 0.1) is 0 Å². The number of carbonyl (C=O) groups is 1. The van der Waals surface area contributed by atoms with Crippen molar-refractivity contribution in [2.24, 2.45) is 0 Å². The zero-order valence-corrected chi connectivity index (χ0v) is 15.6. The van der Waals surface area contributed by atoms with E-state index in [1.807, 2.05) is 42.6 Å². The van der Waals surface area contributed by atoms with Gasteiger partial charge in [-0.3, -0.25) is 9.20 Å². The van der Waals surface area contributed by atoms with Gasteiger partial charge in [-0.05, 0) is 43.7 Å². The Morgan fingerprint density at radius 3 is 2.81 bits per heavy atom. The maximum absolute atomic E-state index is 12.5. The van der Waals surface area contributed by atoms with E-state index in [0.29, 0.717) is 43.2 Å². The summed E-state index contributed by atoms with van der Waals surface area (Å²) < 4.78 is 13.2. The molecule has 7 nitrogen and oxygen atoms in total. The minimum Gasteiger partial charge on any atom is -0.490 e. The zero-order chi connectivity index (χ0) is 19.1. The Morgan fingerprint density at radius 1 is 1.11 bits per heavy atom. The van der Waals surface area contributed by atoms with Gasteiger partial charge in [-0.15, -0.1) is 10.2 Å². The fourth-order valence-electron chi connectivity index (χ4n) is 2.70. The number of rotatable bonds is 9. The Morgan fingerprint density at radius 2 is 2.00 bits per heavy atom. The molecule has 0 radical (unpaired) electrons. The van der Waals surface area contributed by atoms with Crippen LogP contribution in [0.4, 0.5) is 0 Å². The summed E-state index contributed by atoms with van der Waals surface area (Å²) in [6.07, 6.45) is 3.41. The number of hydrogen-bond donors (Lipinski definition) is 1. The van der Waals surface area contributed by atoms with Crippen molar-refractivity contribution in [1.82, 2.24) is 19.9 Å². The van der Waals surface area contributed by atoms with Gasteiger partial charge in [-0.1, -0.05) is 13.0 Å². The first kappa shape index (κ1) is 18.7. The van der Waals surface area contributed by atoms with Gasteiger partial charge >= 0.3 is 0 Å². The van der Waals surface area contributed by atoms with Crippen LogP contribution in [-0.4, -0.2) is 40.3 Å². The molecular weight excluding hydrogens is 344 g/mol. The summed E-state index contributed by atoms with van der Waals surface area (Å²) in [6, 6.07) is 11.0. The van der Waals surface area contributed by atoms with Crippen LogP contribution in [0.15, 0.2) is 42.6 Å². The van der Waals surface area contributed by atoms with Crippen LogP contribution in [0.3, 0.4) is 0 Å². The summed E-state index contributed by atoms with van der Waals surface area (Å²) in [4.78, 5) is 12.5. The van der Waals surface area contributed by atoms with E-state index in [4.69, 9.17) is 9.47 Å². The van der Waals surface area contributed by atoms with Crippen molar-refractivity contribution in [3.05, 3.63) is 54.0 Å². The number of fused-ring (bicyclic) bond motifs is 1. The first-order chi connectivity index (χ1) is 13.2. The lowest BCUT2D eigenvalue weighted by Crippen LogP contribution is -2.26. The van der Waals surface area contributed by atoms with Crippen LogP contribution in [-0.2, 0) is 6.42 Å². The third kappa shape index (κ3) is 4.55.